The summed E-state index contributed by atoms with van der Waals surface area (Å²) in [4.78, 5) is 4.29. The Bertz CT molecular complexity index is 1100. The fraction of sp³-hybridized carbons (Fsp3) is 0.480. The molecule has 2 fully saturated rings. The van der Waals surface area contributed by atoms with Gasteiger partial charge in [-0.2, -0.15) is 0 Å². The van der Waals surface area contributed by atoms with Crippen LogP contribution in [0, 0.1) is 0 Å². The van der Waals surface area contributed by atoms with Crippen LogP contribution in [0.15, 0.2) is 53.9 Å². The molecule has 0 unspecified atom stereocenters. The van der Waals surface area contributed by atoms with Gasteiger partial charge >= 0.3 is 7.12 Å². The minimum atomic E-state index is -0.386. The molecule has 0 bridgehead atoms. The summed E-state index contributed by atoms with van der Waals surface area (Å²) in [5.74, 6) is 1.51. The Labute approximate surface area is 205 Å². The Morgan fingerprint density at radius 3 is 2.38 bits per heavy atom. The molecule has 0 spiro atoms. The van der Waals surface area contributed by atoms with E-state index < -0.39 is 0 Å². The van der Waals surface area contributed by atoms with Crippen molar-refractivity contribution in [2.24, 2.45) is 0 Å². The van der Waals surface area contributed by atoms with Crippen LogP contribution >= 0.6 is 11.8 Å². The first-order valence-electron chi connectivity index (χ1n) is 11.9. The first kappa shape index (κ1) is 23.4. The Hall–Kier alpha value is -2.36. The van der Waals surface area contributed by atoms with Crippen molar-refractivity contribution in [3.05, 3.63) is 54.6 Å². The highest BCUT2D eigenvalue weighted by molar-refractivity contribution is 7.99. The summed E-state index contributed by atoms with van der Waals surface area (Å²) in [5.41, 5.74) is 1.19. The molecule has 2 aliphatic rings. The first-order chi connectivity index (χ1) is 16.3. The van der Waals surface area contributed by atoms with Gasteiger partial charge in [0.1, 0.15) is 12.4 Å². The topological polar surface area (TPSA) is 71.3 Å². The average molecular weight is 478 g/mol. The highest BCUT2D eigenvalue weighted by atomic mass is 32.2. The predicted octanol–water partition coefficient (Wildman–Crippen LogP) is 4.58. The second-order valence-corrected chi connectivity index (χ2v) is 11.2. The Kier molecular flexibility index (Phi) is 6.44. The van der Waals surface area contributed by atoms with Crippen LogP contribution in [0.5, 0.6) is 5.75 Å². The molecular formula is C25H31BN4O3S. The van der Waals surface area contributed by atoms with E-state index in [4.69, 9.17) is 14.0 Å². The second kappa shape index (κ2) is 9.36. The third kappa shape index (κ3) is 4.74. The SMILES string of the molecule is CC1(C)OB(c2ccc(OCc3nnc(SC4CCCC4)n3-c3cccnc3)cc2)OC1(C)C. The van der Waals surface area contributed by atoms with Crippen LogP contribution in [0.2, 0.25) is 0 Å². The number of thioether (sulfide) groups is 1. The molecule has 0 amide bonds. The normalized spacial score (nSPS) is 19.6. The van der Waals surface area contributed by atoms with Crippen molar-refractivity contribution in [1.29, 1.82) is 0 Å². The van der Waals surface area contributed by atoms with Crippen molar-refractivity contribution in [1.82, 2.24) is 19.7 Å². The van der Waals surface area contributed by atoms with Crippen LogP contribution < -0.4 is 10.2 Å². The summed E-state index contributed by atoms with van der Waals surface area (Å²) >= 11 is 1.81. The summed E-state index contributed by atoms with van der Waals surface area (Å²) in [6.07, 6.45) is 8.64. The quantitative estimate of drug-likeness (QED) is 0.461. The van der Waals surface area contributed by atoms with Crippen molar-refractivity contribution in [2.45, 2.75) is 81.6 Å². The Morgan fingerprint density at radius 2 is 1.74 bits per heavy atom. The molecular weight excluding hydrogens is 447 g/mol. The maximum absolute atomic E-state index is 6.15. The lowest BCUT2D eigenvalue weighted by Gasteiger charge is -2.32. The zero-order valence-electron chi connectivity index (χ0n) is 20.2. The molecule has 1 aliphatic carbocycles. The molecule has 0 radical (unpaired) electrons. The molecule has 1 saturated carbocycles. The number of benzene rings is 1. The van der Waals surface area contributed by atoms with Crippen LogP contribution in [0.4, 0.5) is 0 Å². The summed E-state index contributed by atoms with van der Waals surface area (Å²) in [6.45, 7) is 8.54. The van der Waals surface area contributed by atoms with Gasteiger partial charge in [0.05, 0.1) is 23.1 Å². The van der Waals surface area contributed by atoms with E-state index in [2.05, 4.69) is 47.4 Å². The zero-order chi connectivity index (χ0) is 23.8. The van der Waals surface area contributed by atoms with E-state index in [-0.39, 0.29) is 18.3 Å². The average Bonchev–Trinajstić information content (AvgIpc) is 3.52. The maximum Gasteiger partial charge on any atom is 0.494 e. The van der Waals surface area contributed by atoms with Gasteiger partial charge in [-0.3, -0.25) is 9.55 Å². The molecule has 2 aromatic heterocycles. The van der Waals surface area contributed by atoms with Gasteiger partial charge in [0.2, 0.25) is 0 Å². The standard InChI is InChI=1S/C25H31BN4O3S/c1-24(2)25(3,4)33-26(32-24)18-11-13-20(14-12-18)31-17-22-28-29-23(34-21-9-5-6-10-21)30(22)19-8-7-15-27-16-19/h7-8,11-16,21H,5-6,9-10,17H2,1-4H3. The van der Waals surface area contributed by atoms with Crippen LogP contribution in [-0.2, 0) is 15.9 Å². The van der Waals surface area contributed by atoms with Crippen molar-refractivity contribution in [3.8, 4) is 11.4 Å². The monoisotopic (exact) mass is 478 g/mol. The fourth-order valence-corrected chi connectivity index (χ4v) is 5.49. The van der Waals surface area contributed by atoms with Crippen molar-refractivity contribution in [3.63, 3.8) is 0 Å². The molecule has 3 heterocycles. The van der Waals surface area contributed by atoms with E-state index in [1.54, 1.807) is 6.20 Å². The molecule has 9 heteroatoms. The largest absolute Gasteiger partial charge is 0.494 e. The van der Waals surface area contributed by atoms with E-state index in [0.29, 0.717) is 11.9 Å². The molecule has 0 N–H and O–H groups in total. The van der Waals surface area contributed by atoms with Crippen LogP contribution in [0.1, 0.15) is 59.2 Å². The number of nitrogens with zero attached hydrogens (tertiary/aromatic N) is 4. The number of aromatic nitrogens is 4. The van der Waals surface area contributed by atoms with Crippen LogP contribution in [0.25, 0.3) is 5.69 Å². The van der Waals surface area contributed by atoms with Gasteiger partial charge in [-0.25, -0.2) is 0 Å². The van der Waals surface area contributed by atoms with Gasteiger partial charge in [0, 0.05) is 11.4 Å². The summed E-state index contributed by atoms with van der Waals surface area (Å²) in [6, 6.07) is 11.8. The molecule has 3 aromatic rings. The lowest BCUT2D eigenvalue weighted by Crippen LogP contribution is -2.41. The minimum Gasteiger partial charge on any atom is -0.486 e. The van der Waals surface area contributed by atoms with Crippen molar-refractivity contribution < 1.29 is 14.0 Å². The number of hydrogen-bond acceptors (Lipinski definition) is 7. The van der Waals surface area contributed by atoms with Gasteiger partial charge in [-0.05, 0) is 70.3 Å². The molecule has 1 aromatic carbocycles. The summed E-state index contributed by atoms with van der Waals surface area (Å²) in [7, 11) is -0.386. The minimum absolute atomic E-state index is 0.308. The molecule has 178 valence electrons. The molecule has 1 saturated heterocycles. The third-order valence-corrected chi connectivity index (χ3v) is 8.23. The van der Waals surface area contributed by atoms with E-state index in [0.717, 1.165) is 27.9 Å². The summed E-state index contributed by atoms with van der Waals surface area (Å²) in [5, 5.41) is 10.4. The van der Waals surface area contributed by atoms with E-state index in [1.165, 1.54) is 25.7 Å². The lowest BCUT2D eigenvalue weighted by molar-refractivity contribution is 0.00578. The van der Waals surface area contributed by atoms with Gasteiger partial charge in [-0.1, -0.05) is 36.7 Å². The lowest BCUT2D eigenvalue weighted by atomic mass is 9.79. The van der Waals surface area contributed by atoms with Gasteiger partial charge in [0.25, 0.3) is 0 Å². The Balaban J connectivity index is 1.30. The molecule has 0 atom stereocenters. The van der Waals surface area contributed by atoms with Crippen molar-refractivity contribution in [2.75, 3.05) is 0 Å². The Morgan fingerprint density at radius 1 is 1.03 bits per heavy atom. The molecule has 34 heavy (non-hydrogen) atoms. The second-order valence-electron chi connectivity index (χ2n) is 9.92. The molecule has 7 nitrogen and oxygen atoms in total. The van der Waals surface area contributed by atoms with Gasteiger partial charge in [-0.15, -0.1) is 10.2 Å². The number of hydrogen-bond donors (Lipinski definition) is 0. The highest BCUT2D eigenvalue weighted by Crippen LogP contribution is 2.37. The number of ether oxygens (including phenoxy) is 1. The van der Waals surface area contributed by atoms with Gasteiger partial charge in [0.15, 0.2) is 11.0 Å². The molecule has 5 rings (SSSR count). The fourth-order valence-electron chi connectivity index (χ4n) is 4.22. The van der Waals surface area contributed by atoms with E-state index in [1.807, 2.05) is 54.4 Å². The first-order valence-corrected chi connectivity index (χ1v) is 12.8. The molecule has 1 aliphatic heterocycles. The van der Waals surface area contributed by atoms with Crippen molar-refractivity contribution >= 4 is 24.3 Å². The number of pyridine rings is 1. The summed E-state index contributed by atoms with van der Waals surface area (Å²) < 4.78 is 20.5. The van der Waals surface area contributed by atoms with Crippen LogP contribution in [-0.4, -0.2) is 43.3 Å². The predicted molar refractivity (Wildman–Crippen MR) is 134 cm³/mol. The third-order valence-electron chi connectivity index (χ3n) is 6.95. The smallest absolute Gasteiger partial charge is 0.486 e. The maximum atomic E-state index is 6.15. The van der Waals surface area contributed by atoms with E-state index >= 15 is 0 Å². The highest BCUT2D eigenvalue weighted by Gasteiger charge is 2.51. The zero-order valence-corrected chi connectivity index (χ0v) is 21.0. The van der Waals surface area contributed by atoms with Crippen LogP contribution in [0.3, 0.4) is 0 Å². The van der Waals surface area contributed by atoms with Gasteiger partial charge < -0.3 is 14.0 Å². The number of rotatable bonds is 7. The van der Waals surface area contributed by atoms with E-state index in [9.17, 15) is 0 Å².